The summed E-state index contributed by atoms with van der Waals surface area (Å²) in [5.74, 6) is 0.104. The van der Waals surface area contributed by atoms with Gasteiger partial charge in [0.15, 0.2) is 6.10 Å². The van der Waals surface area contributed by atoms with Gasteiger partial charge in [0.05, 0.1) is 12.2 Å². The van der Waals surface area contributed by atoms with E-state index in [0.29, 0.717) is 23.6 Å². The largest absolute Gasteiger partial charge is 0.481 e. The topological polar surface area (TPSA) is 64.6 Å². The van der Waals surface area contributed by atoms with E-state index >= 15 is 0 Å². The van der Waals surface area contributed by atoms with Gasteiger partial charge in [-0.25, -0.2) is 4.79 Å². The summed E-state index contributed by atoms with van der Waals surface area (Å²) in [6.07, 6.45) is 3.60. The third-order valence-corrected chi connectivity index (χ3v) is 4.85. The molecule has 0 radical (unpaired) electrons. The van der Waals surface area contributed by atoms with Gasteiger partial charge in [0.25, 0.3) is 5.91 Å². The number of benzene rings is 2. The smallest absolute Gasteiger partial charge is 0.338 e. The number of hydrogen-bond donors (Lipinski definition) is 1. The number of aryl methyl sites for hydroxylation is 1. The molecule has 5 heteroatoms. The molecule has 1 amide bonds. The second kappa shape index (κ2) is 11.2. The van der Waals surface area contributed by atoms with Crippen molar-refractivity contribution in [3.8, 4) is 5.75 Å². The Kier molecular flexibility index (Phi) is 8.71. The molecule has 0 aromatic heterocycles. The van der Waals surface area contributed by atoms with Crippen LogP contribution in [0.3, 0.4) is 0 Å². The predicted octanol–water partition coefficient (Wildman–Crippen LogP) is 5.45. The van der Waals surface area contributed by atoms with E-state index in [9.17, 15) is 9.59 Å². The van der Waals surface area contributed by atoms with Crippen LogP contribution in [-0.2, 0) is 9.53 Å². The van der Waals surface area contributed by atoms with Crippen molar-refractivity contribution >= 4 is 17.6 Å². The first-order valence-corrected chi connectivity index (χ1v) is 10.2. The lowest BCUT2D eigenvalue weighted by Crippen LogP contribution is -2.30. The Hall–Kier alpha value is -2.82. The van der Waals surface area contributed by atoms with Crippen molar-refractivity contribution in [3.63, 3.8) is 0 Å². The van der Waals surface area contributed by atoms with Crippen LogP contribution in [-0.4, -0.2) is 24.6 Å². The van der Waals surface area contributed by atoms with Crippen molar-refractivity contribution in [2.24, 2.45) is 0 Å². The number of nitrogens with one attached hydrogen (secondary N) is 1. The van der Waals surface area contributed by atoms with Gasteiger partial charge in [0, 0.05) is 5.69 Å². The van der Waals surface area contributed by atoms with Gasteiger partial charge < -0.3 is 14.8 Å². The van der Waals surface area contributed by atoms with E-state index in [2.05, 4.69) is 12.2 Å². The monoisotopic (exact) mass is 397 g/mol. The molecular weight excluding hydrogens is 366 g/mol. The summed E-state index contributed by atoms with van der Waals surface area (Å²) in [4.78, 5) is 24.5. The van der Waals surface area contributed by atoms with Crippen molar-refractivity contribution in [2.75, 3.05) is 11.9 Å². The van der Waals surface area contributed by atoms with Crippen LogP contribution in [0, 0.1) is 13.8 Å². The van der Waals surface area contributed by atoms with Gasteiger partial charge in [-0.05, 0) is 68.7 Å². The van der Waals surface area contributed by atoms with E-state index in [1.807, 2.05) is 32.0 Å². The Balaban J connectivity index is 1.85. The van der Waals surface area contributed by atoms with Gasteiger partial charge in [-0.15, -0.1) is 0 Å². The highest BCUT2D eigenvalue weighted by Gasteiger charge is 2.16. The maximum atomic E-state index is 12.4. The highest BCUT2D eigenvalue weighted by atomic mass is 16.5. The molecule has 0 saturated carbocycles. The fourth-order valence-electron chi connectivity index (χ4n) is 2.81. The lowest BCUT2D eigenvalue weighted by molar-refractivity contribution is -0.122. The lowest BCUT2D eigenvalue weighted by Gasteiger charge is -2.17. The molecule has 1 atom stereocenters. The summed E-state index contributed by atoms with van der Waals surface area (Å²) in [5.41, 5.74) is 3.21. The maximum absolute atomic E-state index is 12.4. The van der Waals surface area contributed by atoms with Crippen LogP contribution in [0.5, 0.6) is 5.75 Å². The van der Waals surface area contributed by atoms with Crippen molar-refractivity contribution in [2.45, 2.75) is 59.5 Å². The molecule has 1 N–H and O–H groups in total. The summed E-state index contributed by atoms with van der Waals surface area (Å²) >= 11 is 0. The van der Waals surface area contributed by atoms with E-state index in [0.717, 1.165) is 36.8 Å². The van der Waals surface area contributed by atoms with Crippen molar-refractivity contribution in [3.05, 3.63) is 59.2 Å². The highest BCUT2D eigenvalue weighted by molar-refractivity contribution is 5.95. The first kappa shape index (κ1) is 22.5. The molecule has 5 nitrogen and oxygen atoms in total. The summed E-state index contributed by atoms with van der Waals surface area (Å²) < 4.78 is 11.1. The molecular formula is C24H31NO4. The molecule has 0 saturated heterocycles. The minimum Gasteiger partial charge on any atom is -0.481 e. The molecule has 156 valence electrons. The van der Waals surface area contributed by atoms with E-state index < -0.39 is 6.10 Å². The predicted molar refractivity (Wildman–Crippen MR) is 116 cm³/mol. The molecule has 0 aliphatic heterocycles. The van der Waals surface area contributed by atoms with E-state index in [-0.39, 0.29) is 11.9 Å². The van der Waals surface area contributed by atoms with Crippen LogP contribution in [0.4, 0.5) is 5.69 Å². The molecule has 1 unspecified atom stereocenters. The number of carbonyl (C=O) groups excluding carboxylic acids is 2. The third-order valence-electron chi connectivity index (χ3n) is 4.85. The van der Waals surface area contributed by atoms with Gasteiger partial charge in [-0.2, -0.15) is 0 Å². The molecule has 0 fully saturated rings. The molecule has 2 aromatic rings. The highest BCUT2D eigenvalue weighted by Crippen LogP contribution is 2.22. The normalized spacial score (nSPS) is 11.6. The van der Waals surface area contributed by atoms with E-state index in [1.54, 1.807) is 31.2 Å². The lowest BCUT2D eigenvalue weighted by atomic mass is 10.1. The van der Waals surface area contributed by atoms with Crippen LogP contribution in [0.25, 0.3) is 0 Å². The van der Waals surface area contributed by atoms with Crippen molar-refractivity contribution < 1.29 is 19.1 Å². The first-order chi connectivity index (χ1) is 13.9. The number of rotatable bonds is 10. The minimum atomic E-state index is -0.650. The summed E-state index contributed by atoms with van der Waals surface area (Å²) in [7, 11) is 0. The van der Waals surface area contributed by atoms with Crippen molar-refractivity contribution in [1.29, 1.82) is 0 Å². The SMILES string of the molecule is CCCCCCOC(=O)c1ccc(NC(=O)C(C)Oc2cccc(C)c2C)cc1. The Labute approximate surface area is 173 Å². The number of ether oxygens (including phenoxy) is 2. The molecule has 2 rings (SSSR count). The second-order valence-corrected chi connectivity index (χ2v) is 7.22. The molecule has 2 aromatic carbocycles. The molecule has 0 aliphatic carbocycles. The maximum Gasteiger partial charge on any atom is 0.338 e. The van der Waals surface area contributed by atoms with E-state index in [4.69, 9.17) is 9.47 Å². The number of hydrogen-bond acceptors (Lipinski definition) is 4. The van der Waals surface area contributed by atoms with Gasteiger partial charge in [0.1, 0.15) is 5.75 Å². The number of anilines is 1. The fourth-order valence-corrected chi connectivity index (χ4v) is 2.81. The minimum absolute atomic E-state index is 0.253. The molecule has 29 heavy (non-hydrogen) atoms. The van der Waals surface area contributed by atoms with Crippen LogP contribution in [0.1, 0.15) is 61.0 Å². The molecule has 0 bridgehead atoms. The summed E-state index contributed by atoms with van der Waals surface area (Å²) in [5, 5.41) is 2.81. The van der Waals surface area contributed by atoms with Crippen molar-refractivity contribution in [1.82, 2.24) is 0 Å². The first-order valence-electron chi connectivity index (χ1n) is 10.2. The Morgan fingerprint density at radius 1 is 1.00 bits per heavy atom. The summed E-state index contributed by atoms with van der Waals surface area (Å²) in [6.45, 7) is 8.26. The average molecular weight is 398 g/mol. The Morgan fingerprint density at radius 3 is 2.41 bits per heavy atom. The average Bonchev–Trinajstić information content (AvgIpc) is 2.71. The number of amides is 1. The zero-order valence-electron chi connectivity index (χ0n) is 17.8. The quantitative estimate of drug-likeness (QED) is 0.428. The Bertz CT molecular complexity index is 814. The zero-order chi connectivity index (χ0) is 21.2. The molecule has 0 aliphatic rings. The number of carbonyl (C=O) groups is 2. The Morgan fingerprint density at radius 2 is 1.72 bits per heavy atom. The zero-order valence-corrected chi connectivity index (χ0v) is 17.8. The number of unbranched alkanes of at least 4 members (excludes halogenated alkanes) is 3. The van der Waals surface area contributed by atoms with Crippen LogP contribution in [0.2, 0.25) is 0 Å². The van der Waals surface area contributed by atoms with Crippen LogP contribution >= 0.6 is 0 Å². The van der Waals surface area contributed by atoms with Crippen LogP contribution in [0.15, 0.2) is 42.5 Å². The fraction of sp³-hybridized carbons (Fsp3) is 0.417. The standard InChI is InChI=1S/C24H31NO4/c1-5-6-7-8-16-28-24(27)20-12-14-21(15-13-20)25-23(26)19(4)29-22-11-9-10-17(2)18(22)3/h9-15,19H,5-8,16H2,1-4H3,(H,25,26). The van der Waals surface area contributed by atoms with E-state index in [1.165, 1.54) is 0 Å². The van der Waals surface area contributed by atoms with Gasteiger partial charge in [-0.3, -0.25) is 4.79 Å². The van der Waals surface area contributed by atoms with Gasteiger partial charge in [-0.1, -0.05) is 38.3 Å². The third kappa shape index (κ3) is 6.93. The molecule has 0 spiro atoms. The second-order valence-electron chi connectivity index (χ2n) is 7.22. The van der Waals surface area contributed by atoms with Gasteiger partial charge in [0.2, 0.25) is 0 Å². The van der Waals surface area contributed by atoms with Crippen LogP contribution < -0.4 is 10.1 Å². The van der Waals surface area contributed by atoms with Gasteiger partial charge >= 0.3 is 5.97 Å². The molecule has 0 heterocycles. The number of esters is 1. The summed E-state index contributed by atoms with van der Waals surface area (Å²) in [6, 6.07) is 12.5.